The molecule has 8 nitrogen and oxygen atoms in total. The van der Waals surface area contributed by atoms with Crippen molar-refractivity contribution in [3.63, 3.8) is 0 Å². The van der Waals surface area contributed by atoms with E-state index in [1.807, 2.05) is 28.8 Å². The molecule has 1 amide bonds. The summed E-state index contributed by atoms with van der Waals surface area (Å²) >= 11 is 0. The molecule has 0 aliphatic carbocycles. The highest BCUT2D eigenvalue weighted by Crippen LogP contribution is 2.36. The molecule has 1 aromatic carbocycles. The van der Waals surface area contributed by atoms with E-state index in [4.69, 9.17) is 10.00 Å². The predicted molar refractivity (Wildman–Crippen MR) is 116 cm³/mol. The number of ether oxygens (including phenoxy) is 1. The highest BCUT2D eigenvalue weighted by Gasteiger charge is 2.34. The minimum Gasteiger partial charge on any atom is -0.496 e. The molecule has 8 heteroatoms. The molecule has 2 aliphatic rings. The van der Waals surface area contributed by atoms with Crippen LogP contribution in [-0.2, 0) is 17.9 Å². The molecular formula is C23H25N5O3. The molecule has 1 N–H and O–H groups in total. The number of nitriles is 1. The van der Waals surface area contributed by atoms with Crippen LogP contribution in [0.5, 0.6) is 5.75 Å². The number of carbonyl (C=O) groups excluding carboxylic acids is 1. The molecule has 160 valence electrons. The maximum atomic E-state index is 12.2. The van der Waals surface area contributed by atoms with Crippen molar-refractivity contribution in [2.45, 2.75) is 31.8 Å². The molecule has 0 radical (unpaired) electrons. The zero-order valence-electron chi connectivity index (χ0n) is 17.5. The molecule has 1 saturated heterocycles. The van der Waals surface area contributed by atoms with Gasteiger partial charge in [-0.2, -0.15) is 10.4 Å². The van der Waals surface area contributed by atoms with E-state index in [2.05, 4.69) is 21.5 Å². The van der Waals surface area contributed by atoms with E-state index in [0.717, 1.165) is 55.2 Å². The van der Waals surface area contributed by atoms with Crippen molar-refractivity contribution >= 4 is 12.1 Å². The van der Waals surface area contributed by atoms with Crippen LogP contribution in [0.2, 0.25) is 0 Å². The van der Waals surface area contributed by atoms with Crippen LogP contribution in [0, 0.1) is 17.2 Å². The van der Waals surface area contributed by atoms with Gasteiger partial charge in [-0.1, -0.05) is 6.07 Å². The number of hydrogen-bond acceptors (Lipinski definition) is 6. The molecule has 1 fully saturated rings. The van der Waals surface area contributed by atoms with Crippen LogP contribution in [-0.4, -0.2) is 41.8 Å². The zero-order chi connectivity index (χ0) is 21.8. The Morgan fingerprint density at radius 1 is 1.32 bits per heavy atom. The van der Waals surface area contributed by atoms with Gasteiger partial charge in [0.25, 0.3) is 11.5 Å². The number of likely N-dealkylation sites (tertiary alicyclic amines) is 1. The van der Waals surface area contributed by atoms with E-state index >= 15 is 0 Å². The van der Waals surface area contributed by atoms with Crippen LogP contribution < -0.4 is 15.7 Å². The van der Waals surface area contributed by atoms with Crippen molar-refractivity contribution < 1.29 is 9.53 Å². The summed E-state index contributed by atoms with van der Waals surface area (Å²) in [5, 5.41) is 12.5. The van der Waals surface area contributed by atoms with E-state index in [1.165, 1.54) is 0 Å². The molecule has 1 aromatic heterocycles. The first-order chi connectivity index (χ1) is 15.1. The van der Waals surface area contributed by atoms with Crippen molar-refractivity contribution in [1.29, 1.82) is 5.26 Å². The van der Waals surface area contributed by atoms with Gasteiger partial charge in [-0.3, -0.25) is 14.5 Å². The lowest BCUT2D eigenvalue weighted by Gasteiger charge is -2.42. The predicted octanol–water partition coefficient (Wildman–Crippen LogP) is 1.84. The number of piperidine rings is 1. The third-order valence-corrected chi connectivity index (χ3v) is 5.90. The average Bonchev–Trinajstić information content (AvgIpc) is 2.75. The van der Waals surface area contributed by atoms with Crippen molar-refractivity contribution in [3.05, 3.63) is 63.6 Å². The van der Waals surface area contributed by atoms with Gasteiger partial charge in [0.15, 0.2) is 0 Å². The number of hydrogen-bond donors (Lipinski definition) is 1. The minimum absolute atomic E-state index is 0.0937. The summed E-state index contributed by atoms with van der Waals surface area (Å²) in [6.07, 6.45) is 2.45. The lowest BCUT2D eigenvalue weighted by Crippen LogP contribution is -2.46. The van der Waals surface area contributed by atoms with E-state index in [-0.39, 0.29) is 12.0 Å². The topological polar surface area (TPSA) is 99.7 Å². The van der Waals surface area contributed by atoms with Gasteiger partial charge < -0.3 is 9.30 Å². The molecule has 2 bridgehead atoms. The third kappa shape index (κ3) is 4.67. The van der Waals surface area contributed by atoms with Crippen LogP contribution in [0.1, 0.15) is 35.6 Å². The first-order valence-corrected chi connectivity index (χ1v) is 10.3. The number of amides is 1. The normalized spacial score (nSPS) is 20.1. The van der Waals surface area contributed by atoms with Gasteiger partial charge in [-0.15, -0.1) is 0 Å². The standard InChI is InChI=1S/C23H25N5O3/c1-31-21-6-5-16(11-25-26-22(29)7-8-24)9-19(21)15-27-12-17-10-18(14-27)20-3-2-4-23(30)28(20)13-17/h2-6,9,11,17-18H,7,10,12-15H2,1H3,(H,26,29)/b25-11+/t17-,18?/m1/s1. The van der Waals surface area contributed by atoms with Crippen LogP contribution in [0.25, 0.3) is 0 Å². The molecule has 0 saturated carbocycles. The summed E-state index contributed by atoms with van der Waals surface area (Å²) in [5.74, 6) is 1.18. The maximum Gasteiger partial charge on any atom is 0.254 e. The number of benzene rings is 1. The smallest absolute Gasteiger partial charge is 0.254 e. The van der Waals surface area contributed by atoms with Crippen molar-refractivity contribution in [2.24, 2.45) is 11.0 Å². The first kappa shape index (κ1) is 20.8. The van der Waals surface area contributed by atoms with Crippen LogP contribution in [0.3, 0.4) is 0 Å². The summed E-state index contributed by atoms with van der Waals surface area (Å²) in [6.45, 7) is 3.33. The molecule has 2 atom stereocenters. The van der Waals surface area contributed by atoms with Gasteiger partial charge in [0.05, 0.1) is 19.4 Å². The first-order valence-electron chi connectivity index (χ1n) is 10.3. The van der Waals surface area contributed by atoms with Gasteiger partial charge in [0.2, 0.25) is 0 Å². The number of pyridine rings is 1. The summed E-state index contributed by atoms with van der Waals surface area (Å²) < 4.78 is 7.50. The van der Waals surface area contributed by atoms with Crippen molar-refractivity contribution in [2.75, 3.05) is 20.2 Å². The number of hydrazone groups is 1. The Labute approximate surface area is 180 Å². The number of nitrogens with one attached hydrogen (secondary N) is 1. The van der Waals surface area contributed by atoms with Gasteiger partial charge in [-0.05, 0) is 42.2 Å². The minimum atomic E-state index is -0.438. The second-order valence-corrected chi connectivity index (χ2v) is 8.09. The summed E-state index contributed by atoms with van der Waals surface area (Å²) in [6, 6.07) is 13.1. The SMILES string of the molecule is COc1ccc(/C=N/NC(=O)CC#N)cc1CN1CC2C[C@H](C1)Cn1c2cccc1=O. The number of rotatable bonds is 6. The van der Waals surface area contributed by atoms with Crippen molar-refractivity contribution in [1.82, 2.24) is 14.9 Å². The quantitative estimate of drug-likeness (QED) is 0.569. The van der Waals surface area contributed by atoms with E-state index in [1.54, 1.807) is 25.5 Å². The van der Waals surface area contributed by atoms with Gasteiger partial charge in [-0.25, -0.2) is 5.43 Å². The molecule has 2 aliphatic heterocycles. The maximum absolute atomic E-state index is 12.2. The lowest BCUT2D eigenvalue weighted by atomic mass is 9.83. The third-order valence-electron chi connectivity index (χ3n) is 5.90. The molecule has 31 heavy (non-hydrogen) atoms. The monoisotopic (exact) mass is 419 g/mol. The second-order valence-electron chi connectivity index (χ2n) is 8.09. The average molecular weight is 419 g/mol. The van der Waals surface area contributed by atoms with Crippen LogP contribution >= 0.6 is 0 Å². The van der Waals surface area contributed by atoms with Gasteiger partial charge in [0.1, 0.15) is 12.2 Å². The molecular weight excluding hydrogens is 394 g/mol. The molecule has 2 aromatic rings. The number of methoxy groups -OCH3 is 1. The Kier molecular flexibility index (Phi) is 6.14. The largest absolute Gasteiger partial charge is 0.496 e. The Bertz CT molecular complexity index is 1100. The molecule has 3 heterocycles. The van der Waals surface area contributed by atoms with Gasteiger partial charge in [0, 0.05) is 49.4 Å². The number of fused-ring (bicyclic) bond motifs is 4. The van der Waals surface area contributed by atoms with Crippen molar-refractivity contribution in [3.8, 4) is 11.8 Å². The summed E-state index contributed by atoms with van der Waals surface area (Å²) in [7, 11) is 1.66. The lowest BCUT2D eigenvalue weighted by molar-refractivity contribution is -0.120. The van der Waals surface area contributed by atoms with Crippen LogP contribution in [0.4, 0.5) is 0 Å². The zero-order valence-corrected chi connectivity index (χ0v) is 17.5. The Hall–Kier alpha value is -3.44. The highest BCUT2D eigenvalue weighted by molar-refractivity contribution is 5.83. The fourth-order valence-corrected chi connectivity index (χ4v) is 4.66. The number of aromatic nitrogens is 1. The molecule has 0 spiro atoms. The fourth-order valence-electron chi connectivity index (χ4n) is 4.66. The van der Waals surface area contributed by atoms with Crippen LogP contribution in [0.15, 0.2) is 46.3 Å². The highest BCUT2D eigenvalue weighted by atomic mass is 16.5. The number of carbonyl (C=O) groups is 1. The van der Waals surface area contributed by atoms with E-state index < -0.39 is 5.91 Å². The van der Waals surface area contributed by atoms with E-state index in [0.29, 0.717) is 11.8 Å². The fraction of sp³-hybridized carbons (Fsp3) is 0.391. The summed E-state index contributed by atoms with van der Waals surface area (Å²) in [5.41, 5.74) is 5.45. The van der Waals surface area contributed by atoms with E-state index in [9.17, 15) is 9.59 Å². The molecule has 1 unspecified atom stereocenters. The Morgan fingerprint density at radius 3 is 3.00 bits per heavy atom. The summed E-state index contributed by atoms with van der Waals surface area (Å²) in [4.78, 5) is 26.0. The van der Waals surface area contributed by atoms with Gasteiger partial charge >= 0.3 is 0 Å². The number of nitrogens with zero attached hydrogens (tertiary/aromatic N) is 4. The Morgan fingerprint density at radius 2 is 2.19 bits per heavy atom. The second kappa shape index (κ2) is 9.14. The Balaban J connectivity index is 1.49. The molecule has 4 rings (SSSR count).